The van der Waals surface area contributed by atoms with E-state index in [0.29, 0.717) is 6.04 Å². The van der Waals surface area contributed by atoms with Crippen molar-refractivity contribution in [1.82, 2.24) is 19.8 Å². The quantitative estimate of drug-likeness (QED) is 0.765. The number of rotatable bonds is 1. The van der Waals surface area contributed by atoms with Crippen LogP contribution < -0.4 is 5.32 Å². The molecule has 0 spiro atoms. The summed E-state index contributed by atoms with van der Waals surface area (Å²) >= 11 is 0. The van der Waals surface area contributed by atoms with E-state index in [1.54, 1.807) is 0 Å². The van der Waals surface area contributed by atoms with E-state index < -0.39 is 0 Å². The second-order valence-electron chi connectivity index (χ2n) is 4.94. The first-order chi connectivity index (χ1) is 7.77. The summed E-state index contributed by atoms with van der Waals surface area (Å²) in [5, 5.41) is 3.49. The molecule has 3 rings (SSSR count). The lowest BCUT2D eigenvalue weighted by Gasteiger charge is -2.32. The predicted octanol–water partition coefficient (Wildman–Crippen LogP) is 0.969. The highest BCUT2D eigenvalue weighted by Crippen LogP contribution is 2.29. The maximum Gasteiger partial charge on any atom is 0.105 e. The Kier molecular flexibility index (Phi) is 2.48. The smallest absolute Gasteiger partial charge is 0.105 e. The van der Waals surface area contributed by atoms with Crippen molar-refractivity contribution in [3.8, 4) is 0 Å². The molecule has 1 aromatic rings. The van der Waals surface area contributed by atoms with E-state index in [0.717, 1.165) is 18.9 Å². The zero-order valence-corrected chi connectivity index (χ0v) is 10.2. The van der Waals surface area contributed by atoms with Crippen molar-refractivity contribution in [2.24, 2.45) is 7.05 Å². The van der Waals surface area contributed by atoms with Gasteiger partial charge < -0.3 is 9.88 Å². The minimum absolute atomic E-state index is 0.539. The number of fused-ring (bicyclic) bond motifs is 1. The van der Waals surface area contributed by atoms with Gasteiger partial charge in [-0.05, 0) is 32.9 Å². The van der Waals surface area contributed by atoms with Crippen LogP contribution in [0.15, 0.2) is 0 Å². The van der Waals surface area contributed by atoms with Crippen molar-refractivity contribution >= 4 is 0 Å². The van der Waals surface area contributed by atoms with Crippen LogP contribution in [-0.2, 0) is 13.6 Å². The molecule has 1 atom stereocenters. The monoisotopic (exact) mass is 220 g/mol. The molecule has 88 valence electrons. The third-order valence-corrected chi connectivity index (χ3v) is 3.97. The molecule has 1 unspecified atom stereocenters. The normalized spacial score (nSPS) is 26.0. The average molecular weight is 220 g/mol. The standard InChI is InChI=1S/C12H20N4/c1-9-14-10-7-13-8-11(12(10)15(9)2)16-5-3-4-6-16/h11,13H,3-8H2,1-2H3. The van der Waals surface area contributed by atoms with Gasteiger partial charge in [-0.25, -0.2) is 4.98 Å². The minimum Gasteiger partial charge on any atom is -0.334 e. The summed E-state index contributed by atoms with van der Waals surface area (Å²) in [5.74, 6) is 1.14. The first-order valence-electron chi connectivity index (χ1n) is 6.24. The number of hydrogen-bond acceptors (Lipinski definition) is 3. The fraction of sp³-hybridized carbons (Fsp3) is 0.750. The van der Waals surface area contributed by atoms with Crippen molar-refractivity contribution in [1.29, 1.82) is 0 Å². The van der Waals surface area contributed by atoms with Gasteiger partial charge in [0.2, 0.25) is 0 Å². The highest BCUT2D eigenvalue weighted by atomic mass is 15.2. The van der Waals surface area contributed by atoms with Gasteiger partial charge in [0.05, 0.1) is 17.4 Å². The Hall–Kier alpha value is -0.870. The average Bonchev–Trinajstić information content (AvgIpc) is 2.88. The van der Waals surface area contributed by atoms with Gasteiger partial charge in [-0.1, -0.05) is 0 Å². The van der Waals surface area contributed by atoms with Crippen LogP contribution in [0.5, 0.6) is 0 Å². The van der Waals surface area contributed by atoms with E-state index in [1.807, 2.05) is 0 Å². The number of imidazole rings is 1. The summed E-state index contributed by atoms with van der Waals surface area (Å²) in [7, 11) is 2.15. The summed E-state index contributed by atoms with van der Waals surface area (Å²) in [6.07, 6.45) is 2.70. The van der Waals surface area contributed by atoms with Gasteiger partial charge in [-0.3, -0.25) is 4.90 Å². The van der Waals surface area contributed by atoms with Gasteiger partial charge in [0.15, 0.2) is 0 Å². The Balaban J connectivity index is 1.98. The number of hydrogen-bond donors (Lipinski definition) is 1. The van der Waals surface area contributed by atoms with E-state index >= 15 is 0 Å². The van der Waals surface area contributed by atoms with Gasteiger partial charge in [0.25, 0.3) is 0 Å². The van der Waals surface area contributed by atoms with Crippen molar-refractivity contribution < 1.29 is 0 Å². The van der Waals surface area contributed by atoms with Crippen LogP contribution in [0, 0.1) is 6.92 Å². The molecule has 1 saturated heterocycles. The number of aromatic nitrogens is 2. The first kappa shape index (κ1) is 10.3. The van der Waals surface area contributed by atoms with Crippen LogP contribution in [0.4, 0.5) is 0 Å². The maximum absolute atomic E-state index is 4.65. The number of nitrogens with one attached hydrogen (secondary N) is 1. The SMILES string of the molecule is Cc1nc2c(n1C)C(N1CCCC1)CNC2. The summed E-state index contributed by atoms with van der Waals surface area (Å²) in [6, 6.07) is 0.539. The molecule has 0 aromatic carbocycles. The summed E-state index contributed by atoms with van der Waals surface area (Å²) < 4.78 is 2.28. The van der Waals surface area contributed by atoms with Crippen LogP contribution in [0.3, 0.4) is 0 Å². The summed E-state index contributed by atoms with van der Waals surface area (Å²) in [6.45, 7) is 6.60. The Morgan fingerprint density at radius 2 is 2.06 bits per heavy atom. The van der Waals surface area contributed by atoms with Crippen molar-refractivity contribution in [3.05, 3.63) is 17.2 Å². The molecule has 1 N–H and O–H groups in total. The predicted molar refractivity (Wildman–Crippen MR) is 63.2 cm³/mol. The van der Waals surface area contributed by atoms with Gasteiger partial charge in [0.1, 0.15) is 5.82 Å². The minimum atomic E-state index is 0.539. The maximum atomic E-state index is 4.65. The summed E-state index contributed by atoms with van der Waals surface area (Å²) in [5.41, 5.74) is 2.70. The molecule has 0 aliphatic carbocycles. The third-order valence-electron chi connectivity index (χ3n) is 3.97. The number of likely N-dealkylation sites (tertiary alicyclic amines) is 1. The molecule has 4 heteroatoms. The molecular weight excluding hydrogens is 200 g/mol. The molecule has 0 saturated carbocycles. The zero-order chi connectivity index (χ0) is 11.1. The van der Waals surface area contributed by atoms with E-state index in [9.17, 15) is 0 Å². The highest BCUT2D eigenvalue weighted by Gasteiger charge is 2.31. The second kappa shape index (κ2) is 3.86. The molecule has 1 aromatic heterocycles. The fourth-order valence-corrected chi connectivity index (χ4v) is 3.02. The van der Waals surface area contributed by atoms with Crippen LogP contribution >= 0.6 is 0 Å². The Labute approximate surface area is 96.7 Å². The molecular formula is C12H20N4. The Morgan fingerprint density at radius 3 is 2.81 bits per heavy atom. The molecule has 3 heterocycles. The van der Waals surface area contributed by atoms with Gasteiger partial charge in [0, 0.05) is 20.1 Å². The molecule has 4 nitrogen and oxygen atoms in total. The molecule has 0 bridgehead atoms. The number of nitrogens with zero attached hydrogens (tertiary/aromatic N) is 3. The van der Waals surface area contributed by atoms with Gasteiger partial charge in [-0.15, -0.1) is 0 Å². The topological polar surface area (TPSA) is 33.1 Å². The molecule has 16 heavy (non-hydrogen) atoms. The Bertz CT molecular complexity index is 390. The zero-order valence-electron chi connectivity index (χ0n) is 10.2. The van der Waals surface area contributed by atoms with Gasteiger partial charge in [-0.2, -0.15) is 0 Å². The first-order valence-corrected chi connectivity index (χ1v) is 6.24. The van der Waals surface area contributed by atoms with E-state index in [1.165, 1.54) is 37.3 Å². The van der Waals surface area contributed by atoms with Crippen LogP contribution in [0.2, 0.25) is 0 Å². The highest BCUT2D eigenvalue weighted by molar-refractivity contribution is 5.23. The van der Waals surface area contributed by atoms with Crippen LogP contribution in [0.25, 0.3) is 0 Å². The lowest BCUT2D eigenvalue weighted by atomic mass is 10.1. The second-order valence-corrected chi connectivity index (χ2v) is 4.94. The molecule has 1 fully saturated rings. The van der Waals surface area contributed by atoms with Crippen molar-refractivity contribution in [2.75, 3.05) is 19.6 Å². The molecule has 0 radical (unpaired) electrons. The van der Waals surface area contributed by atoms with E-state index in [4.69, 9.17) is 0 Å². The fourth-order valence-electron chi connectivity index (χ4n) is 3.02. The lowest BCUT2D eigenvalue weighted by molar-refractivity contribution is 0.219. The lowest BCUT2D eigenvalue weighted by Crippen LogP contribution is -2.39. The van der Waals surface area contributed by atoms with Crippen molar-refractivity contribution in [3.63, 3.8) is 0 Å². The third kappa shape index (κ3) is 1.48. The molecule has 2 aliphatic rings. The van der Waals surface area contributed by atoms with Crippen LogP contribution in [0.1, 0.15) is 36.1 Å². The number of aryl methyl sites for hydroxylation is 1. The molecule has 0 amide bonds. The van der Waals surface area contributed by atoms with E-state index in [2.05, 4.69) is 33.7 Å². The van der Waals surface area contributed by atoms with Crippen molar-refractivity contribution in [2.45, 2.75) is 32.4 Å². The summed E-state index contributed by atoms with van der Waals surface area (Å²) in [4.78, 5) is 7.25. The van der Waals surface area contributed by atoms with E-state index in [-0.39, 0.29) is 0 Å². The van der Waals surface area contributed by atoms with Crippen LogP contribution in [-0.4, -0.2) is 34.1 Å². The Morgan fingerprint density at radius 1 is 1.31 bits per heavy atom. The van der Waals surface area contributed by atoms with Gasteiger partial charge >= 0.3 is 0 Å². The molecule has 2 aliphatic heterocycles. The largest absolute Gasteiger partial charge is 0.334 e.